The van der Waals surface area contributed by atoms with Crippen molar-refractivity contribution in [2.75, 3.05) is 7.11 Å². The Bertz CT molecular complexity index is 431. The van der Waals surface area contributed by atoms with Gasteiger partial charge in [0.25, 0.3) is 0 Å². The van der Waals surface area contributed by atoms with E-state index < -0.39 is 0 Å². The van der Waals surface area contributed by atoms with Crippen LogP contribution >= 0.6 is 11.3 Å². The molecular formula is C13H15ClNOS-. The van der Waals surface area contributed by atoms with Crippen LogP contribution in [0.25, 0.3) is 0 Å². The summed E-state index contributed by atoms with van der Waals surface area (Å²) < 4.78 is 5.18. The van der Waals surface area contributed by atoms with E-state index in [1.807, 2.05) is 12.1 Å². The lowest BCUT2D eigenvalue weighted by atomic mass is 10.2. The number of benzene rings is 1. The van der Waals surface area contributed by atoms with Gasteiger partial charge in [-0.3, -0.25) is 0 Å². The van der Waals surface area contributed by atoms with Gasteiger partial charge in [-0.05, 0) is 29.1 Å². The first-order valence-corrected chi connectivity index (χ1v) is 6.12. The molecule has 0 unspecified atom stereocenters. The van der Waals surface area contributed by atoms with Gasteiger partial charge in [-0.1, -0.05) is 18.2 Å². The molecule has 1 N–H and O–H groups in total. The van der Waals surface area contributed by atoms with Gasteiger partial charge in [0, 0.05) is 18.0 Å². The summed E-state index contributed by atoms with van der Waals surface area (Å²) in [6.45, 7) is 1.80. The number of methoxy groups -OCH3 is 1. The number of hydrogen-bond acceptors (Lipinski definition) is 3. The maximum Gasteiger partial charge on any atom is 0.119 e. The van der Waals surface area contributed by atoms with E-state index in [1.54, 1.807) is 18.4 Å². The molecule has 2 nitrogen and oxygen atoms in total. The van der Waals surface area contributed by atoms with Crippen molar-refractivity contribution in [3.63, 3.8) is 0 Å². The van der Waals surface area contributed by atoms with Gasteiger partial charge in [-0.15, -0.1) is 11.3 Å². The number of ether oxygens (including phenoxy) is 1. The first-order chi connectivity index (χ1) is 7.88. The van der Waals surface area contributed by atoms with Crippen molar-refractivity contribution in [1.29, 1.82) is 0 Å². The van der Waals surface area contributed by atoms with Gasteiger partial charge < -0.3 is 22.5 Å². The number of rotatable bonds is 5. The highest BCUT2D eigenvalue weighted by atomic mass is 35.5. The van der Waals surface area contributed by atoms with E-state index >= 15 is 0 Å². The van der Waals surface area contributed by atoms with Crippen LogP contribution < -0.4 is 22.5 Å². The fraction of sp³-hybridized carbons (Fsp3) is 0.231. The van der Waals surface area contributed by atoms with Crippen molar-refractivity contribution in [2.45, 2.75) is 13.1 Å². The van der Waals surface area contributed by atoms with Crippen molar-refractivity contribution in [1.82, 2.24) is 5.32 Å². The maximum atomic E-state index is 5.18. The Morgan fingerprint density at radius 1 is 1.18 bits per heavy atom. The fourth-order valence-electron chi connectivity index (χ4n) is 1.53. The molecule has 4 heteroatoms. The van der Waals surface area contributed by atoms with Gasteiger partial charge >= 0.3 is 0 Å². The molecule has 0 aliphatic heterocycles. The lowest BCUT2D eigenvalue weighted by Gasteiger charge is -2.05. The summed E-state index contributed by atoms with van der Waals surface area (Å²) in [5.41, 5.74) is 1.25. The lowest BCUT2D eigenvalue weighted by molar-refractivity contribution is -0.00000353. The summed E-state index contributed by atoms with van der Waals surface area (Å²) in [6, 6.07) is 12.4. The van der Waals surface area contributed by atoms with Crippen LogP contribution in [0.1, 0.15) is 10.4 Å². The smallest absolute Gasteiger partial charge is 0.119 e. The number of nitrogens with one attached hydrogen (secondary N) is 1. The molecule has 0 aliphatic rings. The second-order valence-electron chi connectivity index (χ2n) is 3.53. The molecular weight excluding hydrogens is 254 g/mol. The van der Waals surface area contributed by atoms with Crippen LogP contribution in [0, 0.1) is 0 Å². The molecule has 0 spiro atoms. The number of hydrogen-bond donors (Lipinski definition) is 1. The van der Waals surface area contributed by atoms with E-state index in [0.29, 0.717) is 0 Å². The molecule has 0 saturated heterocycles. The molecule has 0 saturated carbocycles. The second-order valence-corrected chi connectivity index (χ2v) is 4.57. The minimum absolute atomic E-state index is 0. The van der Waals surface area contributed by atoms with Crippen LogP contribution in [0.4, 0.5) is 0 Å². The third kappa shape index (κ3) is 4.38. The Morgan fingerprint density at radius 2 is 2.06 bits per heavy atom. The Hall–Kier alpha value is -1.03. The molecule has 17 heavy (non-hydrogen) atoms. The summed E-state index contributed by atoms with van der Waals surface area (Å²) in [5, 5.41) is 5.51. The molecule has 0 aliphatic carbocycles. The van der Waals surface area contributed by atoms with Gasteiger partial charge in [0.15, 0.2) is 0 Å². The van der Waals surface area contributed by atoms with Gasteiger partial charge in [0.1, 0.15) is 5.75 Å². The van der Waals surface area contributed by atoms with Crippen molar-refractivity contribution < 1.29 is 17.1 Å². The zero-order valence-electron chi connectivity index (χ0n) is 9.65. The van der Waals surface area contributed by atoms with E-state index in [1.165, 1.54) is 10.4 Å². The third-order valence-electron chi connectivity index (χ3n) is 2.34. The van der Waals surface area contributed by atoms with Crippen molar-refractivity contribution in [2.24, 2.45) is 0 Å². The summed E-state index contributed by atoms with van der Waals surface area (Å²) >= 11 is 1.78. The van der Waals surface area contributed by atoms with Crippen LogP contribution in [0.3, 0.4) is 0 Å². The molecule has 1 aromatic heterocycles. The summed E-state index contributed by atoms with van der Waals surface area (Å²) in [5.74, 6) is 0.912. The maximum absolute atomic E-state index is 5.18. The monoisotopic (exact) mass is 268 g/mol. The SMILES string of the molecule is COc1cccc(CNCc2cccs2)c1.[Cl-]. The highest BCUT2D eigenvalue weighted by Gasteiger charge is 1.96. The topological polar surface area (TPSA) is 21.3 Å². The van der Waals surface area contributed by atoms with E-state index in [-0.39, 0.29) is 12.4 Å². The van der Waals surface area contributed by atoms with Gasteiger partial charge in [0.2, 0.25) is 0 Å². The lowest BCUT2D eigenvalue weighted by Crippen LogP contribution is -3.00. The number of halogens is 1. The van der Waals surface area contributed by atoms with Gasteiger partial charge in [-0.25, -0.2) is 0 Å². The highest BCUT2D eigenvalue weighted by Crippen LogP contribution is 2.13. The Labute approximate surface area is 112 Å². The normalized spacial score (nSPS) is 9.71. The minimum atomic E-state index is 0. The van der Waals surface area contributed by atoms with E-state index in [0.717, 1.165) is 18.8 Å². The Kier molecular flexibility index (Phi) is 6.05. The van der Waals surface area contributed by atoms with Crippen molar-refractivity contribution in [3.8, 4) is 5.75 Å². The molecule has 0 bridgehead atoms. The second kappa shape index (κ2) is 7.33. The van der Waals surface area contributed by atoms with Crippen LogP contribution in [0.15, 0.2) is 41.8 Å². The zero-order chi connectivity index (χ0) is 11.2. The summed E-state index contributed by atoms with van der Waals surface area (Å²) in [7, 11) is 1.69. The van der Waals surface area contributed by atoms with Crippen LogP contribution in [0.2, 0.25) is 0 Å². The fourth-order valence-corrected chi connectivity index (χ4v) is 2.20. The summed E-state index contributed by atoms with van der Waals surface area (Å²) in [6.07, 6.45) is 0. The minimum Gasteiger partial charge on any atom is -1.00 e. The molecule has 0 fully saturated rings. The van der Waals surface area contributed by atoms with Gasteiger partial charge in [-0.2, -0.15) is 0 Å². The van der Waals surface area contributed by atoms with E-state index in [2.05, 4.69) is 35.0 Å². The predicted octanol–water partition coefficient (Wildman–Crippen LogP) is 0.0505. The average Bonchev–Trinajstić information content (AvgIpc) is 2.82. The molecule has 2 rings (SSSR count). The largest absolute Gasteiger partial charge is 1.00 e. The Balaban J connectivity index is 0.00000144. The molecule has 0 radical (unpaired) electrons. The molecule has 1 aromatic carbocycles. The van der Waals surface area contributed by atoms with E-state index in [9.17, 15) is 0 Å². The first kappa shape index (κ1) is 14.0. The Morgan fingerprint density at radius 3 is 2.76 bits per heavy atom. The van der Waals surface area contributed by atoms with Crippen LogP contribution in [-0.4, -0.2) is 7.11 Å². The van der Waals surface area contributed by atoms with Crippen LogP contribution in [0.5, 0.6) is 5.75 Å². The predicted molar refractivity (Wildman–Crippen MR) is 67.9 cm³/mol. The number of thiophene rings is 1. The molecule has 0 amide bonds. The van der Waals surface area contributed by atoms with Gasteiger partial charge in [0.05, 0.1) is 7.11 Å². The van der Waals surface area contributed by atoms with Crippen molar-refractivity contribution in [3.05, 3.63) is 52.2 Å². The third-order valence-corrected chi connectivity index (χ3v) is 3.22. The quantitative estimate of drug-likeness (QED) is 0.828. The highest BCUT2D eigenvalue weighted by molar-refractivity contribution is 7.09. The molecule has 2 aromatic rings. The molecule has 1 heterocycles. The van der Waals surface area contributed by atoms with E-state index in [4.69, 9.17) is 4.74 Å². The summed E-state index contributed by atoms with van der Waals surface area (Å²) in [4.78, 5) is 1.36. The van der Waals surface area contributed by atoms with Crippen molar-refractivity contribution >= 4 is 11.3 Å². The average molecular weight is 269 g/mol. The standard InChI is InChI=1S/C13H15NOS.ClH/c1-15-12-5-2-4-11(8-12)9-14-10-13-6-3-7-16-13;/h2-8,14H,9-10H2,1H3;1H/p-1. The zero-order valence-corrected chi connectivity index (χ0v) is 11.2. The van der Waals surface area contributed by atoms with Crippen LogP contribution in [-0.2, 0) is 13.1 Å². The first-order valence-electron chi connectivity index (χ1n) is 5.24. The molecule has 92 valence electrons. The molecule has 0 atom stereocenters.